The standard InChI is InChI=1S/C21H29N5OS/c1-3-23-21(24-15-16-6-8-17(9-7-16)20(27)22-2)25-18-10-12-26(13-11-18)19-5-4-14-28-19/h4-9,14,18H,3,10-13,15H2,1-2H3,(H,22,27)(H2,23,24,25). The number of hydrogen-bond donors (Lipinski definition) is 3. The van der Waals surface area contributed by atoms with E-state index in [1.54, 1.807) is 18.4 Å². The number of hydrogen-bond acceptors (Lipinski definition) is 4. The molecule has 1 fully saturated rings. The lowest BCUT2D eigenvalue weighted by atomic mass is 10.1. The molecule has 3 rings (SSSR count). The van der Waals surface area contributed by atoms with Crippen LogP contribution in [0, 0.1) is 0 Å². The van der Waals surface area contributed by atoms with Crippen LogP contribution in [-0.2, 0) is 6.54 Å². The van der Waals surface area contributed by atoms with Crippen LogP contribution in [0.25, 0.3) is 0 Å². The molecule has 1 aliphatic heterocycles. The first-order valence-corrected chi connectivity index (χ1v) is 10.7. The predicted molar refractivity (Wildman–Crippen MR) is 117 cm³/mol. The van der Waals surface area contributed by atoms with Gasteiger partial charge in [-0.2, -0.15) is 0 Å². The molecule has 0 unspecified atom stereocenters. The molecule has 2 heterocycles. The molecule has 0 spiro atoms. The van der Waals surface area contributed by atoms with E-state index in [0.29, 0.717) is 18.2 Å². The van der Waals surface area contributed by atoms with Gasteiger partial charge < -0.3 is 20.9 Å². The van der Waals surface area contributed by atoms with Crippen LogP contribution in [0.5, 0.6) is 0 Å². The first kappa shape index (κ1) is 20.2. The molecular weight excluding hydrogens is 370 g/mol. The van der Waals surface area contributed by atoms with E-state index in [2.05, 4.69) is 45.3 Å². The third kappa shape index (κ3) is 5.48. The van der Waals surface area contributed by atoms with E-state index < -0.39 is 0 Å². The highest BCUT2D eigenvalue weighted by Gasteiger charge is 2.20. The Bertz CT molecular complexity index is 765. The average molecular weight is 400 g/mol. The van der Waals surface area contributed by atoms with E-state index in [1.165, 1.54) is 5.00 Å². The molecular formula is C21H29N5OS. The zero-order valence-electron chi connectivity index (χ0n) is 16.6. The SMILES string of the molecule is CCNC(=NCc1ccc(C(=O)NC)cc1)NC1CCN(c2cccs2)CC1. The number of aliphatic imine (C=N–C) groups is 1. The van der Waals surface area contributed by atoms with Crippen LogP contribution in [0.3, 0.4) is 0 Å². The first-order valence-electron chi connectivity index (χ1n) is 9.84. The van der Waals surface area contributed by atoms with E-state index in [-0.39, 0.29) is 5.91 Å². The molecule has 0 bridgehead atoms. The van der Waals surface area contributed by atoms with Crippen LogP contribution in [0.4, 0.5) is 5.00 Å². The van der Waals surface area contributed by atoms with Crippen LogP contribution in [-0.4, -0.2) is 44.6 Å². The molecule has 3 N–H and O–H groups in total. The molecule has 28 heavy (non-hydrogen) atoms. The predicted octanol–water partition coefficient (Wildman–Crippen LogP) is 2.83. The minimum Gasteiger partial charge on any atom is -0.363 e. The van der Waals surface area contributed by atoms with Crippen molar-refractivity contribution in [2.24, 2.45) is 4.99 Å². The van der Waals surface area contributed by atoms with Crippen LogP contribution in [0.2, 0.25) is 0 Å². The maximum Gasteiger partial charge on any atom is 0.251 e. The lowest BCUT2D eigenvalue weighted by molar-refractivity contribution is 0.0963. The summed E-state index contributed by atoms with van der Waals surface area (Å²) in [6.07, 6.45) is 2.20. The molecule has 0 radical (unpaired) electrons. The summed E-state index contributed by atoms with van der Waals surface area (Å²) in [4.78, 5) is 18.8. The number of guanidine groups is 1. The van der Waals surface area contributed by atoms with Crippen LogP contribution < -0.4 is 20.9 Å². The van der Waals surface area contributed by atoms with Gasteiger partial charge in [-0.3, -0.25) is 4.79 Å². The minimum atomic E-state index is -0.0704. The largest absolute Gasteiger partial charge is 0.363 e. The van der Waals surface area contributed by atoms with Gasteiger partial charge >= 0.3 is 0 Å². The number of piperidine rings is 1. The van der Waals surface area contributed by atoms with Gasteiger partial charge in [-0.1, -0.05) is 12.1 Å². The fourth-order valence-electron chi connectivity index (χ4n) is 3.28. The third-order valence-electron chi connectivity index (χ3n) is 4.86. The average Bonchev–Trinajstić information content (AvgIpc) is 3.27. The van der Waals surface area contributed by atoms with E-state index in [1.807, 2.05) is 24.3 Å². The molecule has 7 heteroatoms. The van der Waals surface area contributed by atoms with Crippen molar-refractivity contribution in [1.29, 1.82) is 0 Å². The van der Waals surface area contributed by atoms with Crippen molar-refractivity contribution >= 4 is 28.2 Å². The number of nitrogens with zero attached hydrogens (tertiary/aromatic N) is 2. The highest BCUT2D eigenvalue weighted by Crippen LogP contribution is 2.24. The van der Waals surface area contributed by atoms with Gasteiger partial charge in [0.05, 0.1) is 11.5 Å². The monoisotopic (exact) mass is 399 g/mol. The molecule has 150 valence electrons. The fourth-order valence-corrected chi connectivity index (χ4v) is 4.07. The lowest BCUT2D eigenvalue weighted by Crippen LogP contribution is -2.48. The van der Waals surface area contributed by atoms with Gasteiger partial charge in [0.1, 0.15) is 0 Å². The number of carbonyl (C=O) groups excluding carboxylic acids is 1. The number of carbonyl (C=O) groups is 1. The zero-order chi connectivity index (χ0) is 19.8. The van der Waals surface area contributed by atoms with E-state index >= 15 is 0 Å². The highest BCUT2D eigenvalue weighted by molar-refractivity contribution is 7.14. The van der Waals surface area contributed by atoms with Gasteiger partial charge in [0.2, 0.25) is 0 Å². The van der Waals surface area contributed by atoms with Crippen LogP contribution in [0.1, 0.15) is 35.7 Å². The summed E-state index contributed by atoms with van der Waals surface area (Å²) in [7, 11) is 1.64. The van der Waals surface area contributed by atoms with Crippen molar-refractivity contribution in [2.45, 2.75) is 32.4 Å². The molecule has 0 aliphatic carbocycles. The number of thiophene rings is 1. The quantitative estimate of drug-likeness (QED) is 0.516. The lowest BCUT2D eigenvalue weighted by Gasteiger charge is -2.33. The molecule has 6 nitrogen and oxygen atoms in total. The van der Waals surface area contributed by atoms with Crippen molar-refractivity contribution in [3.63, 3.8) is 0 Å². The van der Waals surface area contributed by atoms with E-state index in [0.717, 1.165) is 44.0 Å². The Morgan fingerprint density at radius 3 is 2.57 bits per heavy atom. The number of nitrogens with one attached hydrogen (secondary N) is 3. The molecule has 2 aromatic rings. The summed E-state index contributed by atoms with van der Waals surface area (Å²) in [6, 6.07) is 12.3. The molecule has 1 aromatic carbocycles. The van der Waals surface area contributed by atoms with E-state index in [4.69, 9.17) is 4.99 Å². The van der Waals surface area contributed by atoms with Gasteiger partial charge in [0, 0.05) is 38.3 Å². The van der Waals surface area contributed by atoms with Crippen molar-refractivity contribution in [3.05, 3.63) is 52.9 Å². The van der Waals surface area contributed by atoms with E-state index in [9.17, 15) is 4.79 Å². The van der Waals surface area contributed by atoms with Crippen molar-refractivity contribution < 1.29 is 4.79 Å². The van der Waals surface area contributed by atoms with Gasteiger partial charge in [-0.25, -0.2) is 4.99 Å². The second kappa shape index (κ2) is 10.1. The van der Waals surface area contributed by atoms with Crippen LogP contribution in [0.15, 0.2) is 46.8 Å². The second-order valence-corrected chi connectivity index (χ2v) is 7.75. The summed E-state index contributed by atoms with van der Waals surface area (Å²) in [6.45, 7) is 5.62. The highest BCUT2D eigenvalue weighted by atomic mass is 32.1. The molecule has 0 atom stereocenters. The summed E-state index contributed by atoms with van der Waals surface area (Å²) in [5.74, 6) is 0.784. The topological polar surface area (TPSA) is 68.8 Å². The zero-order valence-corrected chi connectivity index (χ0v) is 17.4. The molecule has 1 aliphatic rings. The summed E-state index contributed by atoms with van der Waals surface area (Å²) < 4.78 is 0. The third-order valence-corrected chi connectivity index (χ3v) is 5.79. The number of anilines is 1. The number of rotatable bonds is 6. The number of benzene rings is 1. The first-order chi connectivity index (χ1) is 13.7. The maximum atomic E-state index is 11.6. The second-order valence-electron chi connectivity index (χ2n) is 6.83. The Morgan fingerprint density at radius 1 is 1.21 bits per heavy atom. The Morgan fingerprint density at radius 2 is 1.96 bits per heavy atom. The Kier molecular flexibility index (Phi) is 7.31. The van der Waals surface area contributed by atoms with Crippen molar-refractivity contribution in [1.82, 2.24) is 16.0 Å². The maximum absolute atomic E-state index is 11.6. The van der Waals surface area contributed by atoms with Crippen molar-refractivity contribution in [2.75, 3.05) is 31.6 Å². The van der Waals surface area contributed by atoms with Gasteiger partial charge in [-0.05, 0) is 55.0 Å². The fraction of sp³-hybridized carbons (Fsp3) is 0.429. The summed E-state index contributed by atoms with van der Waals surface area (Å²) in [5.41, 5.74) is 1.75. The van der Waals surface area contributed by atoms with Gasteiger partial charge in [-0.15, -0.1) is 11.3 Å². The van der Waals surface area contributed by atoms with Gasteiger partial charge in [0.15, 0.2) is 5.96 Å². The summed E-state index contributed by atoms with van der Waals surface area (Å²) in [5, 5.41) is 13.1. The smallest absolute Gasteiger partial charge is 0.251 e. The number of amides is 1. The summed E-state index contributed by atoms with van der Waals surface area (Å²) >= 11 is 1.81. The Hall–Kier alpha value is -2.54. The van der Waals surface area contributed by atoms with Crippen LogP contribution >= 0.6 is 11.3 Å². The molecule has 1 aromatic heterocycles. The Balaban J connectivity index is 1.53. The van der Waals surface area contributed by atoms with Gasteiger partial charge in [0.25, 0.3) is 5.91 Å². The minimum absolute atomic E-state index is 0.0704. The van der Waals surface area contributed by atoms with Crippen molar-refractivity contribution in [3.8, 4) is 0 Å². The molecule has 1 amide bonds. The Labute approximate surface area is 171 Å². The molecule has 0 saturated carbocycles. The molecule has 1 saturated heterocycles. The normalized spacial score (nSPS) is 15.4.